The molecule has 1 aliphatic carbocycles. The first-order valence-corrected chi connectivity index (χ1v) is 8.02. The maximum atomic E-state index is 4.29. The molecule has 1 atom stereocenters. The van der Waals surface area contributed by atoms with Crippen LogP contribution in [0.4, 0.5) is 0 Å². The van der Waals surface area contributed by atoms with Gasteiger partial charge in [0.2, 0.25) is 0 Å². The number of nitrogens with one attached hydrogen (secondary N) is 1. The van der Waals surface area contributed by atoms with Crippen LogP contribution in [-0.4, -0.2) is 51.6 Å². The van der Waals surface area contributed by atoms with Crippen molar-refractivity contribution in [3.63, 3.8) is 0 Å². The Hall–Kier alpha value is -0.940. The van der Waals surface area contributed by atoms with E-state index in [1.54, 1.807) is 4.68 Å². The van der Waals surface area contributed by atoms with E-state index in [2.05, 4.69) is 33.8 Å². The second-order valence-electron chi connectivity index (χ2n) is 6.43. The number of aryl methyl sites for hydroxylation is 1. The maximum absolute atomic E-state index is 4.29. The molecule has 0 amide bonds. The Labute approximate surface area is 121 Å². The van der Waals surface area contributed by atoms with Gasteiger partial charge in [0.1, 0.15) is 0 Å². The summed E-state index contributed by atoms with van der Waals surface area (Å²) in [5, 5.41) is 12.0. The molecule has 5 nitrogen and oxygen atoms in total. The Kier molecular flexibility index (Phi) is 4.08. The van der Waals surface area contributed by atoms with Crippen molar-refractivity contribution >= 4 is 0 Å². The van der Waals surface area contributed by atoms with E-state index >= 15 is 0 Å². The Bertz CT molecular complexity index is 429. The zero-order valence-corrected chi connectivity index (χ0v) is 12.8. The van der Waals surface area contributed by atoms with Crippen LogP contribution < -0.4 is 5.32 Å². The fraction of sp³-hybridized carbons (Fsp3) is 0.867. The van der Waals surface area contributed by atoms with Gasteiger partial charge in [0.25, 0.3) is 0 Å². The fourth-order valence-corrected chi connectivity index (χ4v) is 4.29. The summed E-state index contributed by atoms with van der Waals surface area (Å²) < 4.78 is 1.80. The number of likely N-dealkylation sites (N-methyl/N-ethyl adjacent to an activating group) is 1. The number of nitrogens with zero attached hydrogens (tertiary/aromatic N) is 4. The second kappa shape index (κ2) is 5.82. The molecule has 0 aromatic carbocycles. The van der Waals surface area contributed by atoms with Gasteiger partial charge in [-0.25, -0.2) is 0 Å². The zero-order valence-electron chi connectivity index (χ0n) is 12.8. The molecule has 2 heterocycles. The Balaban J connectivity index is 1.80. The second-order valence-corrected chi connectivity index (χ2v) is 6.43. The van der Waals surface area contributed by atoms with Crippen LogP contribution in [0.1, 0.15) is 44.2 Å². The van der Waals surface area contributed by atoms with Gasteiger partial charge in [-0.2, -0.15) is 0 Å². The summed E-state index contributed by atoms with van der Waals surface area (Å²) in [6.45, 7) is 2.55. The normalized spacial score (nSPS) is 24.3. The van der Waals surface area contributed by atoms with Crippen molar-refractivity contribution in [2.75, 3.05) is 20.1 Å². The molecule has 1 aromatic rings. The highest BCUT2D eigenvalue weighted by Gasteiger charge is 2.46. The molecule has 1 saturated carbocycles. The van der Waals surface area contributed by atoms with E-state index < -0.39 is 0 Å². The standard InChI is InChI=1S/C15H27N5/c1-16-14(11-13-12-19(2)18-17-13)15(7-3-4-8-15)20-9-5-6-10-20/h12,14,16H,3-11H2,1-2H3. The van der Waals surface area contributed by atoms with Crippen LogP contribution in [0.25, 0.3) is 0 Å². The Morgan fingerprint density at radius 3 is 2.50 bits per heavy atom. The molecule has 1 aromatic heterocycles. The summed E-state index contributed by atoms with van der Waals surface area (Å²) >= 11 is 0. The van der Waals surface area contributed by atoms with Gasteiger partial charge >= 0.3 is 0 Å². The first-order chi connectivity index (χ1) is 9.74. The van der Waals surface area contributed by atoms with Crippen molar-refractivity contribution in [2.24, 2.45) is 7.05 Å². The van der Waals surface area contributed by atoms with Crippen LogP contribution >= 0.6 is 0 Å². The van der Waals surface area contributed by atoms with E-state index in [4.69, 9.17) is 0 Å². The largest absolute Gasteiger partial charge is 0.315 e. The Morgan fingerprint density at radius 2 is 1.95 bits per heavy atom. The minimum atomic E-state index is 0.350. The van der Waals surface area contributed by atoms with E-state index in [1.165, 1.54) is 51.6 Å². The smallest absolute Gasteiger partial charge is 0.0843 e. The molecule has 3 rings (SSSR count). The van der Waals surface area contributed by atoms with Gasteiger partial charge in [0.15, 0.2) is 0 Å². The molecule has 2 fully saturated rings. The summed E-state index contributed by atoms with van der Waals surface area (Å²) in [6.07, 6.45) is 11.2. The lowest BCUT2D eigenvalue weighted by Gasteiger charge is -2.45. The predicted octanol–water partition coefficient (Wildman–Crippen LogP) is 1.35. The molecule has 20 heavy (non-hydrogen) atoms. The molecule has 2 aliphatic rings. The van der Waals surface area contributed by atoms with Crippen LogP contribution in [0.2, 0.25) is 0 Å². The van der Waals surface area contributed by atoms with Gasteiger partial charge in [-0.15, -0.1) is 5.10 Å². The van der Waals surface area contributed by atoms with Crippen molar-refractivity contribution in [1.82, 2.24) is 25.2 Å². The van der Waals surface area contributed by atoms with Crippen LogP contribution in [0.15, 0.2) is 6.20 Å². The summed E-state index contributed by atoms with van der Waals surface area (Å²) in [4.78, 5) is 2.76. The van der Waals surface area contributed by atoms with Crippen LogP contribution in [0, 0.1) is 0 Å². The third-order valence-electron chi connectivity index (χ3n) is 5.27. The molecule has 5 heteroatoms. The third-order valence-corrected chi connectivity index (χ3v) is 5.27. The van der Waals surface area contributed by atoms with Gasteiger partial charge in [-0.1, -0.05) is 18.1 Å². The van der Waals surface area contributed by atoms with Crippen LogP contribution in [-0.2, 0) is 13.5 Å². The molecule has 0 radical (unpaired) electrons. The molecular formula is C15H27N5. The van der Waals surface area contributed by atoms with E-state index in [9.17, 15) is 0 Å². The van der Waals surface area contributed by atoms with Gasteiger partial charge in [0, 0.05) is 31.2 Å². The van der Waals surface area contributed by atoms with Gasteiger partial charge < -0.3 is 5.32 Å². The quantitative estimate of drug-likeness (QED) is 0.882. The molecule has 112 valence electrons. The highest BCUT2D eigenvalue weighted by Crippen LogP contribution is 2.40. The number of hydrogen-bond acceptors (Lipinski definition) is 4. The minimum Gasteiger partial charge on any atom is -0.315 e. The van der Waals surface area contributed by atoms with E-state index in [1.807, 2.05) is 7.05 Å². The lowest BCUT2D eigenvalue weighted by molar-refractivity contribution is 0.0794. The SMILES string of the molecule is CNC(Cc1cn(C)nn1)C1(N2CCCC2)CCCC1. The zero-order chi connectivity index (χ0) is 14.0. The van der Waals surface area contributed by atoms with Crippen LogP contribution in [0.3, 0.4) is 0 Å². The van der Waals surface area contributed by atoms with Gasteiger partial charge in [0.05, 0.1) is 5.69 Å². The van der Waals surface area contributed by atoms with Crippen molar-refractivity contribution in [1.29, 1.82) is 0 Å². The topological polar surface area (TPSA) is 46.0 Å². The van der Waals surface area contributed by atoms with Crippen molar-refractivity contribution < 1.29 is 0 Å². The maximum Gasteiger partial charge on any atom is 0.0843 e. The first kappa shape index (κ1) is 14.0. The van der Waals surface area contributed by atoms with Gasteiger partial charge in [-0.05, 0) is 45.8 Å². The van der Waals surface area contributed by atoms with Gasteiger partial charge in [-0.3, -0.25) is 9.58 Å². The van der Waals surface area contributed by atoms with E-state index in [-0.39, 0.29) is 0 Å². The highest BCUT2D eigenvalue weighted by molar-refractivity contribution is 5.09. The predicted molar refractivity (Wildman–Crippen MR) is 79.6 cm³/mol. The summed E-state index contributed by atoms with van der Waals surface area (Å²) in [5.41, 5.74) is 1.46. The molecule has 0 bridgehead atoms. The van der Waals surface area contributed by atoms with Crippen LogP contribution in [0.5, 0.6) is 0 Å². The molecule has 1 saturated heterocycles. The monoisotopic (exact) mass is 277 g/mol. The number of aromatic nitrogens is 3. The molecule has 1 aliphatic heterocycles. The highest BCUT2D eigenvalue weighted by atomic mass is 15.4. The lowest BCUT2D eigenvalue weighted by Crippen LogP contribution is -2.59. The first-order valence-electron chi connectivity index (χ1n) is 8.02. The Morgan fingerprint density at radius 1 is 1.25 bits per heavy atom. The van der Waals surface area contributed by atoms with E-state index in [0.717, 1.165) is 12.1 Å². The van der Waals surface area contributed by atoms with Crippen molar-refractivity contribution in [2.45, 2.75) is 56.5 Å². The summed E-state index contributed by atoms with van der Waals surface area (Å²) in [7, 11) is 4.05. The average Bonchev–Trinajstić information content (AvgIpc) is 3.17. The molecular weight excluding hydrogens is 250 g/mol. The third kappa shape index (κ3) is 2.49. The number of likely N-dealkylation sites (tertiary alicyclic amines) is 1. The molecule has 1 unspecified atom stereocenters. The van der Waals surface area contributed by atoms with Crippen molar-refractivity contribution in [3.05, 3.63) is 11.9 Å². The number of rotatable bonds is 5. The van der Waals surface area contributed by atoms with Crippen molar-refractivity contribution in [3.8, 4) is 0 Å². The average molecular weight is 277 g/mol. The lowest BCUT2D eigenvalue weighted by atomic mass is 9.83. The number of hydrogen-bond donors (Lipinski definition) is 1. The van der Waals surface area contributed by atoms with E-state index in [0.29, 0.717) is 11.6 Å². The summed E-state index contributed by atoms with van der Waals surface area (Å²) in [6, 6.07) is 0.486. The fourth-order valence-electron chi connectivity index (χ4n) is 4.29. The molecule has 1 N–H and O–H groups in total. The summed E-state index contributed by atoms with van der Waals surface area (Å²) in [5.74, 6) is 0. The minimum absolute atomic E-state index is 0.350. The molecule has 0 spiro atoms.